The number of rotatable bonds is 4. The first-order chi connectivity index (χ1) is 8.74. The van der Waals surface area contributed by atoms with Gasteiger partial charge in [-0.25, -0.2) is 9.18 Å². The molecule has 3 N–H and O–H groups in total. The lowest BCUT2D eigenvalue weighted by molar-refractivity contribution is -0.146. The second kappa shape index (κ2) is 5.88. The van der Waals surface area contributed by atoms with Crippen molar-refractivity contribution < 1.29 is 19.1 Å². The molecule has 0 heterocycles. The average molecular weight is 289 g/mol. The molecular weight excluding hydrogens is 275 g/mol. The first kappa shape index (κ1) is 15.2. The van der Waals surface area contributed by atoms with Crippen LogP contribution in [0.4, 0.5) is 14.9 Å². The Morgan fingerprint density at radius 1 is 1.42 bits per heavy atom. The number of amides is 2. The zero-order valence-electron chi connectivity index (χ0n) is 10.5. The highest BCUT2D eigenvalue weighted by molar-refractivity contribution is 6.31. The van der Waals surface area contributed by atoms with Crippen LogP contribution in [0, 0.1) is 11.2 Å². The smallest absolute Gasteiger partial charge is 0.319 e. The van der Waals surface area contributed by atoms with E-state index in [4.69, 9.17) is 16.7 Å². The number of urea groups is 1. The first-order valence-corrected chi connectivity index (χ1v) is 5.84. The van der Waals surface area contributed by atoms with E-state index in [0.29, 0.717) is 0 Å². The second-order valence-corrected chi connectivity index (χ2v) is 5.01. The van der Waals surface area contributed by atoms with Gasteiger partial charge >= 0.3 is 12.0 Å². The molecular formula is C12H14ClFN2O3. The van der Waals surface area contributed by atoms with Gasteiger partial charge < -0.3 is 15.7 Å². The van der Waals surface area contributed by atoms with Crippen molar-refractivity contribution in [2.45, 2.75) is 13.8 Å². The molecule has 0 radical (unpaired) electrons. The summed E-state index contributed by atoms with van der Waals surface area (Å²) >= 11 is 5.56. The maximum Gasteiger partial charge on any atom is 0.319 e. The lowest BCUT2D eigenvalue weighted by atomic mass is 9.94. The number of hydrogen-bond acceptors (Lipinski definition) is 2. The van der Waals surface area contributed by atoms with Crippen LogP contribution in [0.2, 0.25) is 5.02 Å². The third-order valence-corrected chi connectivity index (χ3v) is 2.76. The molecule has 104 valence electrons. The van der Waals surface area contributed by atoms with E-state index in [-0.39, 0.29) is 17.3 Å². The van der Waals surface area contributed by atoms with Crippen LogP contribution < -0.4 is 10.6 Å². The molecule has 0 saturated carbocycles. The summed E-state index contributed by atoms with van der Waals surface area (Å²) < 4.78 is 13.5. The van der Waals surface area contributed by atoms with Crippen molar-refractivity contribution in [3.05, 3.63) is 29.0 Å². The number of anilines is 1. The molecule has 1 rings (SSSR count). The van der Waals surface area contributed by atoms with E-state index >= 15 is 0 Å². The number of nitrogens with one attached hydrogen (secondary N) is 2. The Kier molecular flexibility index (Phi) is 4.72. The molecule has 0 fully saturated rings. The summed E-state index contributed by atoms with van der Waals surface area (Å²) in [4.78, 5) is 22.4. The third kappa shape index (κ3) is 4.10. The van der Waals surface area contributed by atoms with E-state index in [9.17, 15) is 14.0 Å². The third-order valence-electron chi connectivity index (χ3n) is 2.47. The molecule has 0 spiro atoms. The van der Waals surface area contributed by atoms with Gasteiger partial charge in [-0.05, 0) is 26.0 Å². The van der Waals surface area contributed by atoms with Gasteiger partial charge in [0, 0.05) is 6.54 Å². The standard InChI is InChI=1S/C12H14ClFN2O3/c1-12(2,10(17)18)6-15-11(19)16-8-5-3-4-7(13)9(8)14/h3-5H,6H2,1-2H3,(H,17,18)(H2,15,16,19). The van der Waals surface area contributed by atoms with E-state index in [1.54, 1.807) is 0 Å². The summed E-state index contributed by atoms with van der Waals surface area (Å²) in [5.41, 5.74) is -1.18. The van der Waals surface area contributed by atoms with Crippen molar-refractivity contribution in [2.75, 3.05) is 11.9 Å². The molecule has 0 aliphatic rings. The molecule has 0 atom stereocenters. The predicted octanol–water partition coefficient (Wildman–Crippen LogP) is 2.71. The van der Waals surface area contributed by atoms with Crippen LogP contribution in [0.5, 0.6) is 0 Å². The van der Waals surface area contributed by atoms with Gasteiger partial charge in [-0.3, -0.25) is 4.79 Å². The Morgan fingerprint density at radius 2 is 2.05 bits per heavy atom. The van der Waals surface area contributed by atoms with E-state index in [0.717, 1.165) is 0 Å². The fourth-order valence-corrected chi connectivity index (χ4v) is 1.32. The van der Waals surface area contributed by atoms with E-state index in [2.05, 4.69) is 10.6 Å². The SMILES string of the molecule is CC(C)(CNC(=O)Nc1cccc(Cl)c1F)C(=O)O. The minimum atomic E-state index is -1.11. The molecule has 0 aliphatic heterocycles. The molecule has 0 unspecified atom stereocenters. The van der Waals surface area contributed by atoms with Gasteiger partial charge in [0.05, 0.1) is 16.1 Å². The van der Waals surface area contributed by atoms with Crippen LogP contribution in [0.15, 0.2) is 18.2 Å². The van der Waals surface area contributed by atoms with Gasteiger partial charge in [-0.1, -0.05) is 17.7 Å². The van der Waals surface area contributed by atoms with Crippen molar-refractivity contribution >= 4 is 29.3 Å². The summed E-state index contributed by atoms with van der Waals surface area (Å²) in [6.45, 7) is 2.85. The predicted molar refractivity (Wildman–Crippen MR) is 69.8 cm³/mol. The fraction of sp³-hybridized carbons (Fsp3) is 0.333. The quantitative estimate of drug-likeness (QED) is 0.797. The number of carbonyl (C=O) groups is 2. The molecule has 5 nitrogen and oxygen atoms in total. The minimum Gasteiger partial charge on any atom is -0.481 e. The Labute approximate surface area is 114 Å². The molecule has 1 aromatic carbocycles. The van der Waals surface area contributed by atoms with Crippen LogP contribution in [0.3, 0.4) is 0 Å². The number of carboxylic acid groups (broad SMARTS) is 1. The van der Waals surface area contributed by atoms with Crippen molar-refractivity contribution in [1.29, 1.82) is 0 Å². The zero-order chi connectivity index (χ0) is 14.6. The summed E-state index contributed by atoms with van der Waals surface area (Å²) in [5, 5.41) is 13.4. The fourth-order valence-electron chi connectivity index (χ4n) is 1.14. The zero-order valence-corrected chi connectivity index (χ0v) is 11.2. The number of carbonyl (C=O) groups excluding carboxylic acids is 1. The van der Waals surface area contributed by atoms with Gasteiger partial charge in [0.1, 0.15) is 0 Å². The van der Waals surface area contributed by atoms with E-state index < -0.39 is 23.2 Å². The first-order valence-electron chi connectivity index (χ1n) is 5.46. The number of halogens is 2. The lowest BCUT2D eigenvalue weighted by Gasteiger charge is -2.19. The summed E-state index contributed by atoms with van der Waals surface area (Å²) in [6.07, 6.45) is 0. The summed E-state index contributed by atoms with van der Waals surface area (Å²) in [7, 11) is 0. The molecule has 2 amide bonds. The van der Waals surface area contributed by atoms with Gasteiger partial charge in [0.25, 0.3) is 0 Å². The van der Waals surface area contributed by atoms with Crippen molar-refractivity contribution in [3.63, 3.8) is 0 Å². The van der Waals surface area contributed by atoms with E-state index in [1.165, 1.54) is 32.0 Å². The number of aliphatic carboxylic acids is 1. The Morgan fingerprint density at radius 3 is 2.63 bits per heavy atom. The van der Waals surface area contributed by atoms with Crippen LogP contribution in [0.25, 0.3) is 0 Å². The van der Waals surface area contributed by atoms with Crippen molar-refractivity contribution in [3.8, 4) is 0 Å². The molecule has 19 heavy (non-hydrogen) atoms. The van der Waals surface area contributed by atoms with Crippen LogP contribution in [-0.2, 0) is 4.79 Å². The topological polar surface area (TPSA) is 78.4 Å². The Bertz CT molecular complexity index is 506. The highest BCUT2D eigenvalue weighted by Crippen LogP contribution is 2.21. The molecule has 0 aromatic heterocycles. The summed E-state index contributed by atoms with van der Waals surface area (Å²) in [6, 6.07) is 3.49. The molecule has 0 aliphatic carbocycles. The minimum absolute atomic E-state index is 0.0712. The Hall–Kier alpha value is -1.82. The largest absolute Gasteiger partial charge is 0.481 e. The lowest BCUT2D eigenvalue weighted by Crippen LogP contribution is -2.40. The molecule has 0 saturated heterocycles. The molecule has 0 bridgehead atoms. The maximum absolute atomic E-state index is 13.5. The number of benzene rings is 1. The van der Waals surface area contributed by atoms with Gasteiger partial charge in [-0.2, -0.15) is 0 Å². The second-order valence-electron chi connectivity index (χ2n) is 4.60. The summed E-state index contributed by atoms with van der Waals surface area (Å²) in [5.74, 6) is -1.78. The monoisotopic (exact) mass is 288 g/mol. The Balaban J connectivity index is 2.62. The van der Waals surface area contributed by atoms with Crippen LogP contribution in [0.1, 0.15) is 13.8 Å². The van der Waals surface area contributed by atoms with E-state index in [1.807, 2.05) is 0 Å². The number of hydrogen-bond donors (Lipinski definition) is 3. The normalized spacial score (nSPS) is 10.9. The van der Waals surface area contributed by atoms with Crippen LogP contribution >= 0.6 is 11.6 Å². The number of carboxylic acids is 1. The molecule has 1 aromatic rings. The van der Waals surface area contributed by atoms with Gasteiger partial charge in [0.2, 0.25) is 0 Å². The highest BCUT2D eigenvalue weighted by atomic mass is 35.5. The van der Waals surface area contributed by atoms with Crippen molar-refractivity contribution in [1.82, 2.24) is 5.32 Å². The average Bonchev–Trinajstić information content (AvgIpc) is 2.32. The molecule has 7 heteroatoms. The van der Waals surface area contributed by atoms with Gasteiger partial charge in [0.15, 0.2) is 5.82 Å². The highest BCUT2D eigenvalue weighted by Gasteiger charge is 2.27. The van der Waals surface area contributed by atoms with Gasteiger partial charge in [-0.15, -0.1) is 0 Å². The van der Waals surface area contributed by atoms with Crippen molar-refractivity contribution in [2.24, 2.45) is 5.41 Å². The van der Waals surface area contributed by atoms with Crippen LogP contribution in [-0.4, -0.2) is 23.7 Å². The maximum atomic E-state index is 13.5.